The first-order valence-electron chi connectivity index (χ1n) is 5.25. The van der Waals surface area contributed by atoms with Crippen LogP contribution in [0.5, 0.6) is 0 Å². The zero-order valence-corrected chi connectivity index (χ0v) is 15.3. The van der Waals surface area contributed by atoms with E-state index in [1.165, 1.54) is 28.2 Å². The van der Waals surface area contributed by atoms with Crippen molar-refractivity contribution in [2.24, 2.45) is 0 Å². The third kappa shape index (κ3) is 5.28. The van der Waals surface area contributed by atoms with E-state index in [2.05, 4.69) is 54.3 Å². The van der Waals surface area contributed by atoms with E-state index in [-0.39, 0.29) is 28.9 Å². The second-order valence-corrected chi connectivity index (χ2v) is 7.62. The first-order valence-corrected chi connectivity index (χ1v) is 8.25. The first kappa shape index (κ1) is 17.7. The molecular formula is C13H27IrSi. The van der Waals surface area contributed by atoms with Crippen LogP contribution in [0.4, 0.5) is 0 Å². The molecule has 1 aliphatic carbocycles. The van der Waals surface area contributed by atoms with E-state index in [1.807, 2.05) is 0 Å². The van der Waals surface area contributed by atoms with Gasteiger partial charge in [0.2, 0.25) is 0 Å². The molecule has 0 nitrogen and oxygen atoms in total. The van der Waals surface area contributed by atoms with Crippen molar-refractivity contribution < 1.29 is 20.1 Å². The summed E-state index contributed by atoms with van der Waals surface area (Å²) < 4.78 is 0. The Morgan fingerprint density at radius 2 is 0.800 bits per heavy atom. The van der Waals surface area contributed by atoms with Gasteiger partial charge in [-0.1, -0.05) is 37.7 Å². The molecule has 0 aromatic rings. The van der Waals surface area contributed by atoms with Gasteiger partial charge in [-0.15, -0.1) is 0 Å². The van der Waals surface area contributed by atoms with Gasteiger partial charge < -0.3 is 0 Å². The van der Waals surface area contributed by atoms with Crippen LogP contribution in [0.3, 0.4) is 0 Å². The number of hydrogen-bond donors (Lipinski definition) is 0. The van der Waals surface area contributed by atoms with Crippen LogP contribution in [0.1, 0.15) is 34.6 Å². The third-order valence-corrected chi connectivity index (χ3v) is 2.81. The van der Waals surface area contributed by atoms with Gasteiger partial charge in [-0.3, -0.25) is 0 Å². The Kier molecular flexibility index (Phi) is 8.97. The van der Waals surface area contributed by atoms with Gasteiger partial charge in [0.25, 0.3) is 0 Å². The molecule has 0 heterocycles. The van der Waals surface area contributed by atoms with Crippen LogP contribution < -0.4 is 0 Å². The molecule has 0 aromatic carbocycles. The second kappa shape index (κ2) is 7.59. The van der Waals surface area contributed by atoms with Gasteiger partial charge in [0.1, 0.15) is 0 Å². The van der Waals surface area contributed by atoms with Crippen molar-refractivity contribution in [1.29, 1.82) is 0 Å². The molecule has 0 bridgehead atoms. The van der Waals surface area contributed by atoms with Gasteiger partial charge in [0, 0.05) is 14.7 Å². The number of rotatable bonds is 0. The molecule has 1 rings (SSSR count). The fourth-order valence-corrected chi connectivity index (χ4v) is 1.41. The predicted octanol–water partition coefficient (Wildman–Crippen LogP) is 3.83. The molecular weight excluding hydrogens is 376 g/mol. The summed E-state index contributed by atoms with van der Waals surface area (Å²) in [5.74, 6) is 1.47. The Balaban J connectivity index is 0. The zero-order chi connectivity index (χ0) is 11.5. The van der Waals surface area contributed by atoms with Crippen LogP contribution in [0.2, 0.25) is 19.6 Å². The Hall–Kier alpha value is 0.346. The maximum absolute atomic E-state index is 2.27. The minimum absolute atomic E-state index is 0. The van der Waals surface area contributed by atoms with Crippen LogP contribution in [-0.4, -0.2) is 8.80 Å². The van der Waals surface area contributed by atoms with Crippen molar-refractivity contribution in [3.05, 3.63) is 28.2 Å². The zero-order valence-electron chi connectivity index (χ0n) is 11.4. The van der Waals surface area contributed by atoms with Crippen molar-refractivity contribution in [2.75, 3.05) is 0 Å². The number of allylic oxidation sites excluding steroid dienone is 4. The van der Waals surface area contributed by atoms with E-state index in [0.717, 1.165) is 0 Å². The molecule has 0 amide bonds. The quantitative estimate of drug-likeness (QED) is 0.539. The SMILES string of the molecule is C[C]1C(C)=C(C)C(C)=C1C.C[Si](C)C.[IrH3]. The second-order valence-electron chi connectivity index (χ2n) is 4.62. The monoisotopic (exact) mass is 404 g/mol. The van der Waals surface area contributed by atoms with Gasteiger partial charge in [-0.05, 0) is 38.8 Å². The van der Waals surface area contributed by atoms with Crippen molar-refractivity contribution in [1.82, 2.24) is 0 Å². The average Bonchev–Trinajstić information content (AvgIpc) is 2.23. The minimum atomic E-state index is 0. The van der Waals surface area contributed by atoms with Gasteiger partial charge in [-0.2, -0.15) is 0 Å². The Morgan fingerprint density at radius 1 is 0.600 bits per heavy atom. The molecule has 92 valence electrons. The molecule has 0 unspecified atom stereocenters. The van der Waals surface area contributed by atoms with Crippen LogP contribution in [0.15, 0.2) is 22.3 Å². The molecule has 0 saturated heterocycles. The topological polar surface area (TPSA) is 0 Å². The Labute approximate surface area is 111 Å². The summed E-state index contributed by atoms with van der Waals surface area (Å²) in [4.78, 5) is 0. The molecule has 15 heavy (non-hydrogen) atoms. The van der Waals surface area contributed by atoms with E-state index in [1.54, 1.807) is 0 Å². The van der Waals surface area contributed by atoms with Crippen molar-refractivity contribution in [3.63, 3.8) is 0 Å². The summed E-state index contributed by atoms with van der Waals surface area (Å²) >= 11 is 0. The molecule has 0 atom stereocenters. The molecule has 0 aliphatic heterocycles. The van der Waals surface area contributed by atoms with Gasteiger partial charge in [0.05, 0.1) is 0 Å². The summed E-state index contributed by atoms with van der Waals surface area (Å²) in [6.45, 7) is 17.8. The average molecular weight is 404 g/mol. The van der Waals surface area contributed by atoms with E-state index in [4.69, 9.17) is 0 Å². The van der Waals surface area contributed by atoms with E-state index >= 15 is 0 Å². The summed E-state index contributed by atoms with van der Waals surface area (Å²) in [6.07, 6.45) is 0. The van der Waals surface area contributed by atoms with Crippen LogP contribution in [0, 0.1) is 5.92 Å². The molecule has 2 heteroatoms. The van der Waals surface area contributed by atoms with Crippen molar-refractivity contribution >= 4 is 8.80 Å². The van der Waals surface area contributed by atoms with Crippen molar-refractivity contribution in [2.45, 2.75) is 54.3 Å². The molecule has 0 fully saturated rings. The van der Waals surface area contributed by atoms with Gasteiger partial charge in [0.15, 0.2) is 0 Å². The molecule has 1 aliphatic rings. The molecule has 0 spiro atoms. The fraction of sp³-hybridized carbons (Fsp3) is 0.615. The normalized spacial score (nSPS) is 16.6. The van der Waals surface area contributed by atoms with Crippen LogP contribution in [-0.2, 0) is 20.1 Å². The van der Waals surface area contributed by atoms with Gasteiger partial charge >= 0.3 is 20.1 Å². The predicted molar refractivity (Wildman–Crippen MR) is 73.2 cm³/mol. The summed E-state index contributed by atoms with van der Waals surface area (Å²) in [5, 5.41) is 0. The van der Waals surface area contributed by atoms with Crippen LogP contribution in [0.25, 0.3) is 0 Å². The molecule has 0 N–H and O–H groups in total. The Morgan fingerprint density at radius 3 is 0.867 bits per heavy atom. The molecule has 0 saturated carbocycles. The molecule has 3 radical (unpaired) electrons. The summed E-state index contributed by atoms with van der Waals surface area (Å²) in [7, 11) is 0.120. The maximum atomic E-state index is 2.27. The number of hydrogen-bond acceptors (Lipinski definition) is 0. The standard InChI is InChI=1S/C10H15.C3H9Si.Ir.3H/c1-6-7(2)9(4)10(5)8(6)3;1-4(2)3;;;;/h1-5H3;1-3H3;;;;. The first-order chi connectivity index (χ1) is 6.29. The fourth-order valence-electron chi connectivity index (χ4n) is 1.41. The van der Waals surface area contributed by atoms with E-state index in [0.29, 0.717) is 0 Å². The third-order valence-electron chi connectivity index (χ3n) is 2.81. The summed E-state index contributed by atoms with van der Waals surface area (Å²) in [5.41, 5.74) is 5.87. The van der Waals surface area contributed by atoms with E-state index < -0.39 is 0 Å². The summed E-state index contributed by atoms with van der Waals surface area (Å²) in [6, 6.07) is 0. The van der Waals surface area contributed by atoms with Gasteiger partial charge in [-0.25, -0.2) is 0 Å². The van der Waals surface area contributed by atoms with Crippen LogP contribution >= 0.6 is 0 Å². The van der Waals surface area contributed by atoms with Crippen molar-refractivity contribution in [3.8, 4) is 0 Å². The van der Waals surface area contributed by atoms with E-state index in [9.17, 15) is 0 Å². The Bertz CT molecular complexity index is 235. The molecule has 0 aromatic heterocycles.